The largest absolute Gasteiger partial charge is 0.326 e. The fraction of sp³-hybridized carbons (Fsp3) is 0.478. The molecular weight excluding hydrogens is 426 g/mol. The number of thioether (sulfide) groups is 2. The van der Waals surface area contributed by atoms with Crippen LogP contribution in [0.1, 0.15) is 54.6 Å². The van der Waals surface area contributed by atoms with Crippen LogP contribution in [0.2, 0.25) is 0 Å². The Hall–Kier alpha value is -2.06. The standard InChI is InChI=1S/C23H29N5OS2/c1-14-12-18(31-17-8-6-5-7-9-17)10-11-20(14)25-21(29)13-19-15(2)24-22-26-23(30-4)27-28(22)16(19)3/h10-12,17H,5-9,13H2,1-4H3,(H,25,29). The smallest absolute Gasteiger partial charge is 0.253 e. The van der Waals surface area contributed by atoms with E-state index < -0.39 is 0 Å². The lowest BCUT2D eigenvalue weighted by Gasteiger charge is -2.21. The van der Waals surface area contributed by atoms with Gasteiger partial charge in [-0.1, -0.05) is 31.0 Å². The molecule has 0 atom stereocenters. The van der Waals surface area contributed by atoms with Crippen molar-refractivity contribution >= 4 is 40.9 Å². The summed E-state index contributed by atoms with van der Waals surface area (Å²) in [4.78, 5) is 23.1. The van der Waals surface area contributed by atoms with Gasteiger partial charge >= 0.3 is 0 Å². The normalized spacial score (nSPS) is 14.8. The summed E-state index contributed by atoms with van der Waals surface area (Å²) in [6, 6.07) is 6.35. The molecule has 0 unspecified atom stereocenters. The summed E-state index contributed by atoms with van der Waals surface area (Å²) < 4.78 is 1.73. The van der Waals surface area contributed by atoms with Crippen molar-refractivity contribution in [3.8, 4) is 0 Å². The second-order valence-corrected chi connectivity index (χ2v) is 10.3. The molecule has 1 aliphatic carbocycles. The van der Waals surface area contributed by atoms with Crippen LogP contribution in [0.15, 0.2) is 28.3 Å². The van der Waals surface area contributed by atoms with E-state index in [4.69, 9.17) is 0 Å². The third-order valence-corrected chi connectivity index (χ3v) is 7.75. The minimum absolute atomic E-state index is 0.0478. The van der Waals surface area contributed by atoms with Gasteiger partial charge in [0.1, 0.15) is 0 Å². The third-order valence-electron chi connectivity index (χ3n) is 5.88. The van der Waals surface area contributed by atoms with E-state index in [-0.39, 0.29) is 12.3 Å². The van der Waals surface area contributed by atoms with Crippen molar-refractivity contribution in [3.63, 3.8) is 0 Å². The van der Waals surface area contributed by atoms with E-state index in [0.29, 0.717) is 10.9 Å². The molecule has 0 radical (unpaired) electrons. The highest BCUT2D eigenvalue weighted by Crippen LogP contribution is 2.35. The van der Waals surface area contributed by atoms with Gasteiger partial charge in [-0.15, -0.1) is 16.9 Å². The molecule has 1 amide bonds. The number of aryl methyl sites for hydroxylation is 3. The number of anilines is 1. The van der Waals surface area contributed by atoms with Crippen molar-refractivity contribution in [2.75, 3.05) is 11.6 Å². The Balaban J connectivity index is 1.46. The minimum Gasteiger partial charge on any atom is -0.326 e. The number of carbonyl (C=O) groups is 1. The topological polar surface area (TPSA) is 72.2 Å². The zero-order valence-electron chi connectivity index (χ0n) is 18.6. The molecule has 6 nitrogen and oxygen atoms in total. The first-order valence-electron chi connectivity index (χ1n) is 10.8. The van der Waals surface area contributed by atoms with Gasteiger partial charge < -0.3 is 5.32 Å². The average Bonchev–Trinajstić information content (AvgIpc) is 3.17. The first-order chi connectivity index (χ1) is 14.9. The molecule has 2 aromatic heterocycles. The van der Waals surface area contributed by atoms with E-state index in [1.807, 2.05) is 37.9 Å². The number of rotatable bonds is 6. The molecule has 1 aromatic carbocycles. The van der Waals surface area contributed by atoms with Crippen molar-refractivity contribution in [2.45, 2.75) is 74.6 Å². The highest BCUT2D eigenvalue weighted by molar-refractivity contribution is 8.00. The predicted octanol–water partition coefficient (Wildman–Crippen LogP) is 5.38. The molecule has 4 rings (SSSR count). The maximum absolute atomic E-state index is 12.8. The highest BCUT2D eigenvalue weighted by atomic mass is 32.2. The van der Waals surface area contributed by atoms with Gasteiger partial charge in [-0.3, -0.25) is 4.79 Å². The molecule has 2 heterocycles. The number of benzene rings is 1. The van der Waals surface area contributed by atoms with E-state index in [9.17, 15) is 4.79 Å². The van der Waals surface area contributed by atoms with Crippen molar-refractivity contribution in [1.82, 2.24) is 19.6 Å². The molecule has 164 valence electrons. The molecular formula is C23H29N5OS2. The van der Waals surface area contributed by atoms with E-state index in [0.717, 1.165) is 33.5 Å². The predicted molar refractivity (Wildman–Crippen MR) is 128 cm³/mol. The van der Waals surface area contributed by atoms with Gasteiger partial charge in [-0.25, -0.2) is 9.50 Å². The fourth-order valence-corrected chi connectivity index (χ4v) is 5.79. The van der Waals surface area contributed by atoms with Gasteiger partial charge in [0, 0.05) is 32.8 Å². The molecule has 0 saturated heterocycles. The zero-order chi connectivity index (χ0) is 22.0. The van der Waals surface area contributed by atoms with E-state index >= 15 is 0 Å². The second-order valence-electron chi connectivity index (χ2n) is 8.15. The molecule has 0 aliphatic heterocycles. The molecule has 8 heteroatoms. The summed E-state index contributed by atoms with van der Waals surface area (Å²) in [5, 5.41) is 8.96. The summed E-state index contributed by atoms with van der Waals surface area (Å²) in [7, 11) is 0. The minimum atomic E-state index is -0.0478. The number of aromatic nitrogens is 4. The Labute approximate surface area is 192 Å². The zero-order valence-corrected chi connectivity index (χ0v) is 20.2. The first kappa shape index (κ1) is 22.1. The lowest BCUT2D eigenvalue weighted by molar-refractivity contribution is -0.115. The van der Waals surface area contributed by atoms with Crippen LogP contribution >= 0.6 is 23.5 Å². The Morgan fingerprint density at radius 1 is 1.16 bits per heavy atom. The average molecular weight is 456 g/mol. The number of hydrogen-bond donors (Lipinski definition) is 1. The van der Waals surface area contributed by atoms with Gasteiger partial charge in [0.2, 0.25) is 11.1 Å². The molecule has 0 bridgehead atoms. The lowest BCUT2D eigenvalue weighted by atomic mass is 10.0. The van der Waals surface area contributed by atoms with E-state index in [1.165, 1.54) is 48.8 Å². The van der Waals surface area contributed by atoms with E-state index in [2.05, 4.69) is 39.4 Å². The Morgan fingerprint density at radius 2 is 1.94 bits per heavy atom. The van der Waals surface area contributed by atoms with Crippen molar-refractivity contribution in [2.24, 2.45) is 0 Å². The number of amides is 1. The molecule has 1 N–H and O–H groups in total. The van der Waals surface area contributed by atoms with Crippen LogP contribution < -0.4 is 5.32 Å². The van der Waals surface area contributed by atoms with Crippen molar-refractivity contribution in [1.29, 1.82) is 0 Å². The summed E-state index contributed by atoms with van der Waals surface area (Å²) in [6.07, 6.45) is 8.87. The van der Waals surface area contributed by atoms with Crippen LogP contribution in [0, 0.1) is 20.8 Å². The van der Waals surface area contributed by atoms with Gasteiger partial charge in [0.15, 0.2) is 0 Å². The van der Waals surface area contributed by atoms with Gasteiger partial charge in [0.05, 0.1) is 6.42 Å². The van der Waals surface area contributed by atoms with Crippen molar-refractivity contribution < 1.29 is 4.79 Å². The monoisotopic (exact) mass is 455 g/mol. The van der Waals surface area contributed by atoms with Gasteiger partial charge in [0.25, 0.3) is 5.78 Å². The maximum atomic E-state index is 12.8. The van der Waals surface area contributed by atoms with Crippen LogP contribution in [0.25, 0.3) is 5.78 Å². The SMILES string of the molecule is CSc1nc2nc(C)c(CC(=O)Nc3ccc(SC4CCCCC4)cc3C)c(C)n2n1. The summed E-state index contributed by atoms with van der Waals surface area (Å²) in [5.74, 6) is 0.527. The molecule has 1 saturated carbocycles. The molecule has 1 aliphatic rings. The van der Waals surface area contributed by atoms with Crippen LogP contribution in [0.5, 0.6) is 0 Å². The van der Waals surface area contributed by atoms with Crippen LogP contribution in [-0.2, 0) is 11.2 Å². The molecule has 31 heavy (non-hydrogen) atoms. The molecule has 1 fully saturated rings. The summed E-state index contributed by atoms with van der Waals surface area (Å²) in [6.45, 7) is 5.95. The van der Waals surface area contributed by atoms with Gasteiger partial charge in [-0.05, 0) is 63.6 Å². The Morgan fingerprint density at radius 3 is 2.65 bits per heavy atom. The lowest BCUT2D eigenvalue weighted by Crippen LogP contribution is -2.18. The Bertz CT molecular complexity index is 1110. The van der Waals surface area contributed by atoms with Crippen LogP contribution in [0.4, 0.5) is 5.69 Å². The van der Waals surface area contributed by atoms with Crippen LogP contribution in [-0.4, -0.2) is 37.0 Å². The molecule has 0 spiro atoms. The third kappa shape index (κ3) is 5.06. The second kappa shape index (κ2) is 9.61. The number of hydrogen-bond acceptors (Lipinski definition) is 6. The number of nitrogens with zero attached hydrogens (tertiary/aromatic N) is 4. The van der Waals surface area contributed by atoms with Crippen molar-refractivity contribution in [3.05, 3.63) is 40.7 Å². The number of nitrogens with one attached hydrogen (secondary N) is 1. The highest BCUT2D eigenvalue weighted by Gasteiger charge is 2.18. The van der Waals surface area contributed by atoms with Gasteiger partial charge in [-0.2, -0.15) is 4.98 Å². The maximum Gasteiger partial charge on any atom is 0.253 e. The Kier molecular flexibility index (Phi) is 6.86. The number of carbonyl (C=O) groups excluding carboxylic acids is 1. The number of fused-ring (bicyclic) bond motifs is 1. The summed E-state index contributed by atoms with van der Waals surface area (Å²) in [5.41, 5.74) is 4.58. The quantitative estimate of drug-likeness (QED) is 0.503. The first-order valence-corrected chi connectivity index (χ1v) is 12.9. The van der Waals surface area contributed by atoms with E-state index in [1.54, 1.807) is 4.52 Å². The van der Waals surface area contributed by atoms with Crippen LogP contribution in [0.3, 0.4) is 0 Å². The summed E-state index contributed by atoms with van der Waals surface area (Å²) >= 11 is 3.46. The molecule has 3 aromatic rings. The fourth-order valence-electron chi connectivity index (χ4n) is 4.11.